The molecular formula is C16H23NO. The highest BCUT2D eigenvalue weighted by Gasteiger charge is 2.13. The van der Waals surface area contributed by atoms with Gasteiger partial charge in [-0.2, -0.15) is 0 Å². The third kappa shape index (κ3) is 3.34. The van der Waals surface area contributed by atoms with Gasteiger partial charge >= 0.3 is 0 Å². The molecule has 1 aromatic carbocycles. The molecule has 1 aliphatic carbocycles. The highest BCUT2D eigenvalue weighted by Crippen LogP contribution is 2.20. The van der Waals surface area contributed by atoms with E-state index in [0.29, 0.717) is 12.0 Å². The van der Waals surface area contributed by atoms with E-state index in [2.05, 4.69) is 25.2 Å². The average molecular weight is 245 g/mol. The molecule has 1 fully saturated rings. The lowest BCUT2D eigenvalue weighted by Crippen LogP contribution is -2.24. The van der Waals surface area contributed by atoms with E-state index in [1.165, 1.54) is 37.7 Å². The maximum atomic E-state index is 12.0. The number of rotatable bonds is 3. The lowest BCUT2D eigenvalue weighted by Gasteiger charge is -2.23. The number of anilines is 1. The second kappa shape index (κ2) is 6.03. The van der Waals surface area contributed by atoms with Crippen LogP contribution >= 0.6 is 0 Å². The van der Waals surface area contributed by atoms with Gasteiger partial charge in [-0.05, 0) is 36.5 Å². The first kappa shape index (κ1) is 13.1. The molecule has 0 bridgehead atoms. The number of hydrogen-bond acceptors (Lipinski definition) is 2. The minimum Gasteiger partial charge on any atom is -0.379 e. The van der Waals surface area contributed by atoms with Crippen molar-refractivity contribution in [2.45, 2.75) is 57.9 Å². The molecule has 0 saturated heterocycles. The molecular weight excluding hydrogens is 222 g/mol. The van der Waals surface area contributed by atoms with Gasteiger partial charge in [0.25, 0.3) is 0 Å². The Morgan fingerprint density at radius 1 is 1.06 bits per heavy atom. The average Bonchev–Trinajstić information content (AvgIpc) is 2.54. The van der Waals surface area contributed by atoms with Crippen LogP contribution in [0.15, 0.2) is 29.1 Å². The molecule has 0 amide bonds. The van der Waals surface area contributed by atoms with Gasteiger partial charge in [-0.25, -0.2) is 0 Å². The fourth-order valence-electron chi connectivity index (χ4n) is 2.55. The van der Waals surface area contributed by atoms with E-state index in [4.69, 9.17) is 0 Å². The van der Waals surface area contributed by atoms with Crippen LogP contribution in [-0.4, -0.2) is 6.04 Å². The fourth-order valence-corrected chi connectivity index (χ4v) is 2.55. The maximum Gasteiger partial charge on any atom is 0.201 e. The second-order valence-corrected chi connectivity index (χ2v) is 5.58. The van der Waals surface area contributed by atoms with Crippen molar-refractivity contribution >= 4 is 5.69 Å². The van der Waals surface area contributed by atoms with Crippen LogP contribution in [0.25, 0.3) is 0 Å². The Hall–Kier alpha value is -1.31. The molecule has 2 heteroatoms. The van der Waals surface area contributed by atoms with Gasteiger partial charge in [-0.3, -0.25) is 4.79 Å². The predicted molar refractivity (Wildman–Crippen MR) is 77.3 cm³/mol. The summed E-state index contributed by atoms with van der Waals surface area (Å²) in [5.74, 6) is 0.458. The van der Waals surface area contributed by atoms with E-state index >= 15 is 0 Å². The zero-order valence-corrected chi connectivity index (χ0v) is 11.4. The van der Waals surface area contributed by atoms with Gasteiger partial charge in [0.15, 0.2) is 0 Å². The first-order valence-corrected chi connectivity index (χ1v) is 7.07. The number of hydrogen-bond donors (Lipinski definition) is 1. The summed E-state index contributed by atoms with van der Waals surface area (Å²) in [5, 5.41) is 3.42. The topological polar surface area (TPSA) is 29.1 Å². The second-order valence-electron chi connectivity index (χ2n) is 5.58. The maximum absolute atomic E-state index is 12.0. The third-order valence-corrected chi connectivity index (χ3v) is 3.77. The molecule has 1 N–H and O–H groups in total. The van der Waals surface area contributed by atoms with Crippen molar-refractivity contribution in [2.24, 2.45) is 0 Å². The van der Waals surface area contributed by atoms with E-state index in [1.807, 2.05) is 12.1 Å². The van der Waals surface area contributed by atoms with Crippen molar-refractivity contribution in [1.29, 1.82) is 0 Å². The Morgan fingerprint density at radius 3 is 2.39 bits per heavy atom. The van der Waals surface area contributed by atoms with E-state index < -0.39 is 0 Å². The molecule has 1 aliphatic rings. The van der Waals surface area contributed by atoms with E-state index in [9.17, 15) is 4.79 Å². The standard InChI is InChI=1S/C16H23NO/c1-12(2)13-8-10-15(16(18)11-9-13)17-14-6-4-3-5-7-14/h8-12,14H,3-7H2,1-2H3,(H,17,18). The molecule has 0 aliphatic heterocycles. The lowest BCUT2D eigenvalue weighted by molar-refractivity contribution is 0.462. The molecule has 0 spiro atoms. The van der Waals surface area contributed by atoms with Gasteiger partial charge in [0.1, 0.15) is 0 Å². The van der Waals surface area contributed by atoms with Crippen LogP contribution in [0.1, 0.15) is 57.4 Å². The van der Waals surface area contributed by atoms with Crippen LogP contribution in [0.2, 0.25) is 0 Å². The highest BCUT2D eigenvalue weighted by atomic mass is 16.1. The Kier molecular flexibility index (Phi) is 4.40. The molecule has 2 rings (SSSR count). The van der Waals surface area contributed by atoms with Gasteiger partial charge in [-0.1, -0.05) is 45.2 Å². The predicted octanol–water partition coefficient (Wildman–Crippen LogP) is 3.91. The van der Waals surface area contributed by atoms with E-state index in [1.54, 1.807) is 6.07 Å². The molecule has 18 heavy (non-hydrogen) atoms. The Morgan fingerprint density at radius 2 is 1.72 bits per heavy atom. The number of nitrogens with one attached hydrogen (secondary N) is 1. The van der Waals surface area contributed by atoms with Crippen molar-refractivity contribution in [3.63, 3.8) is 0 Å². The molecule has 0 aromatic heterocycles. The summed E-state index contributed by atoms with van der Waals surface area (Å²) in [6.45, 7) is 4.29. The molecule has 0 atom stereocenters. The summed E-state index contributed by atoms with van der Waals surface area (Å²) in [6.07, 6.45) is 6.27. The molecule has 1 saturated carbocycles. The van der Waals surface area contributed by atoms with Gasteiger partial charge in [-0.15, -0.1) is 0 Å². The van der Waals surface area contributed by atoms with Crippen molar-refractivity contribution in [3.8, 4) is 0 Å². The quantitative estimate of drug-likeness (QED) is 0.874. The summed E-state index contributed by atoms with van der Waals surface area (Å²) >= 11 is 0. The van der Waals surface area contributed by atoms with Gasteiger partial charge < -0.3 is 5.32 Å². The fraction of sp³-hybridized carbons (Fsp3) is 0.562. The van der Waals surface area contributed by atoms with Crippen LogP contribution in [0.4, 0.5) is 5.69 Å². The summed E-state index contributed by atoms with van der Waals surface area (Å²) in [6, 6.07) is 8.14. The normalized spacial score (nSPS) is 16.8. The van der Waals surface area contributed by atoms with Crippen molar-refractivity contribution in [2.75, 3.05) is 5.32 Å². The molecule has 0 unspecified atom stereocenters. The van der Waals surface area contributed by atoms with Gasteiger partial charge in [0.05, 0.1) is 5.69 Å². The van der Waals surface area contributed by atoms with E-state index in [0.717, 1.165) is 5.69 Å². The SMILES string of the molecule is CC(C)c1ccc(NC2CCCCC2)c(=O)cc1. The largest absolute Gasteiger partial charge is 0.379 e. The molecule has 0 radical (unpaired) electrons. The van der Waals surface area contributed by atoms with Crippen molar-refractivity contribution in [1.82, 2.24) is 0 Å². The minimum atomic E-state index is 0.104. The monoisotopic (exact) mass is 245 g/mol. The van der Waals surface area contributed by atoms with Gasteiger partial charge in [0.2, 0.25) is 5.43 Å². The lowest BCUT2D eigenvalue weighted by atomic mass is 9.95. The van der Waals surface area contributed by atoms with E-state index in [-0.39, 0.29) is 5.43 Å². The Labute approximate surface area is 109 Å². The zero-order valence-electron chi connectivity index (χ0n) is 11.4. The van der Waals surface area contributed by atoms with Gasteiger partial charge in [0, 0.05) is 6.04 Å². The van der Waals surface area contributed by atoms with Crippen LogP contribution in [0.5, 0.6) is 0 Å². The smallest absolute Gasteiger partial charge is 0.201 e. The molecule has 1 aromatic rings. The zero-order chi connectivity index (χ0) is 13.0. The van der Waals surface area contributed by atoms with Crippen LogP contribution < -0.4 is 10.7 Å². The van der Waals surface area contributed by atoms with Crippen LogP contribution in [-0.2, 0) is 0 Å². The first-order chi connectivity index (χ1) is 8.66. The Balaban J connectivity index is 2.17. The first-order valence-electron chi connectivity index (χ1n) is 7.07. The molecule has 2 nitrogen and oxygen atoms in total. The minimum absolute atomic E-state index is 0.104. The highest BCUT2D eigenvalue weighted by molar-refractivity contribution is 5.44. The summed E-state index contributed by atoms with van der Waals surface area (Å²) in [7, 11) is 0. The van der Waals surface area contributed by atoms with Crippen LogP contribution in [0.3, 0.4) is 0 Å². The van der Waals surface area contributed by atoms with Crippen LogP contribution in [0, 0.1) is 0 Å². The summed E-state index contributed by atoms with van der Waals surface area (Å²) in [4.78, 5) is 12.0. The molecule has 98 valence electrons. The Bertz CT molecular complexity index is 447. The third-order valence-electron chi connectivity index (χ3n) is 3.77. The summed E-state index contributed by atoms with van der Waals surface area (Å²) in [5.41, 5.74) is 2.07. The van der Waals surface area contributed by atoms with Crippen molar-refractivity contribution in [3.05, 3.63) is 40.1 Å². The molecule has 0 heterocycles. The summed E-state index contributed by atoms with van der Waals surface area (Å²) < 4.78 is 0. The van der Waals surface area contributed by atoms with Crippen molar-refractivity contribution < 1.29 is 0 Å².